The first-order valence-corrected chi connectivity index (χ1v) is 11.7. The maximum Gasteiger partial charge on any atom is 0.259 e. The highest BCUT2D eigenvalue weighted by molar-refractivity contribution is 7.44. The summed E-state index contributed by atoms with van der Waals surface area (Å²) in [7, 11) is -1.47. The number of aliphatic hydroxyl groups excluding tert-OH is 1. The van der Waals surface area contributed by atoms with Crippen LogP contribution in [-0.2, 0) is 28.0 Å². The highest BCUT2D eigenvalue weighted by atomic mass is 31.2. The van der Waals surface area contributed by atoms with E-state index in [4.69, 9.17) is 39.7 Å². The van der Waals surface area contributed by atoms with Gasteiger partial charge in [-0.15, -0.1) is 6.42 Å². The highest BCUT2D eigenvalue weighted by Crippen LogP contribution is 2.47. The van der Waals surface area contributed by atoms with Crippen LogP contribution in [0.2, 0.25) is 0 Å². The van der Waals surface area contributed by atoms with Gasteiger partial charge in [-0.3, -0.25) is 0 Å². The fraction of sp³-hybridized carbons (Fsp3) is 0.857. The molecule has 2 aliphatic heterocycles. The largest absolute Gasteiger partial charge is 0.387 e. The SMILES string of the molecule is C#CCO[C@H](COP(OCCC#N)N(C(C)C)C(C)C)C1O[C@@H]2OC(C)(C)O[C@@H]2[C@@H]1O. The fourth-order valence-electron chi connectivity index (χ4n) is 3.67. The van der Waals surface area contributed by atoms with Crippen LogP contribution in [0, 0.1) is 23.7 Å². The van der Waals surface area contributed by atoms with Gasteiger partial charge < -0.3 is 33.1 Å². The average molecular weight is 458 g/mol. The molecule has 0 spiro atoms. The maximum atomic E-state index is 10.8. The average Bonchev–Trinajstić information content (AvgIpc) is 3.13. The number of hydrogen-bond donors (Lipinski definition) is 1. The van der Waals surface area contributed by atoms with Crippen molar-refractivity contribution in [1.82, 2.24) is 4.67 Å². The van der Waals surface area contributed by atoms with Gasteiger partial charge in [-0.05, 0) is 41.5 Å². The van der Waals surface area contributed by atoms with Gasteiger partial charge in [0, 0.05) is 12.1 Å². The molecule has 10 heteroatoms. The van der Waals surface area contributed by atoms with Crippen molar-refractivity contribution in [2.24, 2.45) is 0 Å². The monoisotopic (exact) mass is 458 g/mol. The molecular weight excluding hydrogens is 423 g/mol. The smallest absolute Gasteiger partial charge is 0.259 e. The van der Waals surface area contributed by atoms with Crippen molar-refractivity contribution in [3.05, 3.63) is 0 Å². The molecule has 0 radical (unpaired) electrons. The number of fused-ring (bicyclic) bond motifs is 1. The van der Waals surface area contributed by atoms with Crippen molar-refractivity contribution in [1.29, 1.82) is 5.26 Å². The summed E-state index contributed by atoms with van der Waals surface area (Å²) in [5.41, 5.74) is 0. The van der Waals surface area contributed by atoms with Crippen molar-refractivity contribution in [2.45, 2.75) is 96.5 Å². The Hall–Kier alpha value is -0.840. The van der Waals surface area contributed by atoms with Gasteiger partial charge in [0.25, 0.3) is 8.53 Å². The Balaban J connectivity index is 2.09. The van der Waals surface area contributed by atoms with E-state index in [2.05, 4.69) is 44.4 Å². The first kappa shape index (κ1) is 26.4. The molecule has 2 rings (SSSR count). The molecular formula is C21H35N2O7P. The van der Waals surface area contributed by atoms with Crippen LogP contribution in [0.3, 0.4) is 0 Å². The molecule has 2 saturated heterocycles. The van der Waals surface area contributed by atoms with Crippen molar-refractivity contribution in [3.63, 3.8) is 0 Å². The maximum absolute atomic E-state index is 10.8. The lowest BCUT2D eigenvalue weighted by Gasteiger charge is -2.36. The van der Waals surface area contributed by atoms with Gasteiger partial charge in [0.15, 0.2) is 12.1 Å². The van der Waals surface area contributed by atoms with Crippen molar-refractivity contribution < 1.29 is 33.1 Å². The molecule has 2 heterocycles. The molecule has 0 aliphatic carbocycles. The lowest BCUT2D eigenvalue weighted by Crippen LogP contribution is -2.44. The summed E-state index contributed by atoms with van der Waals surface area (Å²) >= 11 is 0. The van der Waals surface area contributed by atoms with Gasteiger partial charge in [0.2, 0.25) is 0 Å². The predicted molar refractivity (Wildman–Crippen MR) is 114 cm³/mol. The fourth-order valence-corrected chi connectivity index (χ4v) is 5.28. The highest BCUT2D eigenvalue weighted by Gasteiger charge is 2.56. The first-order chi connectivity index (χ1) is 14.6. The van der Waals surface area contributed by atoms with Gasteiger partial charge in [0.1, 0.15) is 31.0 Å². The summed E-state index contributed by atoms with van der Waals surface area (Å²) in [6, 6.07) is 2.40. The zero-order valence-electron chi connectivity index (χ0n) is 19.2. The molecule has 1 N–H and O–H groups in total. The third kappa shape index (κ3) is 7.07. The number of hydrogen-bond acceptors (Lipinski definition) is 9. The van der Waals surface area contributed by atoms with Crippen LogP contribution in [0.1, 0.15) is 48.0 Å². The quantitative estimate of drug-likeness (QED) is 0.268. The summed E-state index contributed by atoms with van der Waals surface area (Å²) in [6.07, 6.45) is 1.98. The van der Waals surface area contributed by atoms with Crippen LogP contribution in [0.25, 0.3) is 0 Å². The molecule has 0 saturated carbocycles. The number of nitriles is 1. The summed E-state index contributed by atoms with van der Waals surface area (Å²) in [5, 5.41) is 19.7. The van der Waals surface area contributed by atoms with E-state index in [1.807, 2.05) is 0 Å². The van der Waals surface area contributed by atoms with E-state index in [9.17, 15) is 5.11 Å². The van der Waals surface area contributed by atoms with Gasteiger partial charge in [-0.25, -0.2) is 4.67 Å². The molecule has 176 valence electrons. The van der Waals surface area contributed by atoms with Crippen molar-refractivity contribution in [3.8, 4) is 18.4 Å². The molecule has 0 aromatic carbocycles. The van der Waals surface area contributed by atoms with E-state index in [1.54, 1.807) is 13.8 Å². The summed E-state index contributed by atoms with van der Waals surface area (Å²) in [5.74, 6) is 1.61. The molecule has 6 atom stereocenters. The minimum atomic E-state index is -1.47. The zero-order valence-corrected chi connectivity index (χ0v) is 20.1. The molecule has 0 amide bonds. The first-order valence-electron chi connectivity index (χ1n) is 10.6. The van der Waals surface area contributed by atoms with Crippen LogP contribution in [0.4, 0.5) is 0 Å². The molecule has 0 aromatic rings. The van der Waals surface area contributed by atoms with Crippen LogP contribution < -0.4 is 0 Å². The Morgan fingerprint density at radius 1 is 1.19 bits per heavy atom. The minimum absolute atomic E-state index is 0.0361. The second kappa shape index (κ2) is 11.9. The van der Waals surface area contributed by atoms with Crippen LogP contribution in [0.15, 0.2) is 0 Å². The molecule has 2 unspecified atom stereocenters. The predicted octanol–water partition coefficient (Wildman–Crippen LogP) is 2.53. The Morgan fingerprint density at radius 3 is 2.42 bits per heavy atom. The van der Waals surface area contributed by atoms with Crippen LogP contribution >= 0.6 is 8.53 Å². The Labute approximate surface area is 186 Å². The zero-order chi connectivity index (χ0) is 23.2. The minimum Gasteiger partial charge on any atom is -0.387 e. The Morgan fingerprint density at radius 2 is 1.87 bits per heavy atom. The lowest BCUT2D eigenvalue weighted by atomic mass is 10.1. The molecule has 0 aromatic heterocycles. The van der Waals surface area contributed by atoms with Gasteiger partial charge >= 0.3 is 0 Å². The third-order valence-electron chi connectivity index (χ3n) is 4.81. The van der Waals surface area contributed by atoms with E-state index < -0.39 is 45.0 Å². The van der Waals surface area contributed by atoms with Crippen molar-refractivity contribution >= 4 is 8.53 Å². The van der Waals surface area contributed by atoms with E-state index in [0.717, 1.165) is 0 Å². The number of rotatable bonds is 12. The van der Waals surface area contributed by atoms with Crippen LogP contribution in [0.5, 0.6) is 0 Å². The van der Waals surface area contributed by atoms with Gasteiger partial charge in [-0.1, -0.05) is 5.92 Å². The third-order valence-corrected chi connectivity index (χ3v) is 6.89. The summed E-state index contributed by atoms with van der Waals surface area (Å²) in [6.45, 7) is 12.1. The van der Waals surface area contributed by atoms with E-state index in [1.165, 1.54) is 0 Å². The second-order valence-corrected chi connectivity index (χ2v) is 9.91. The van der Waals surface area contributed by atoms with Gasteiger partial charge in [-0.2, -0.15) is 5.26 Å². The number of nitrogens with zero attached hydrogens (tertiary/aromatic N) is 2. The Kier molecular flexibility index (Phi) is 10.1. The number of terminal acetylenes is 1. The molecule has 2 fully saturated rings. The van der Waals surface area contributed by atoms with E-state index in [-0.39, 0.29) is 38.3 Å². The Bertz CT molecular complexity index is 641. The number of ether oxygens (including phenoxy) is 4. The van der Waals surface area contributed by atoms with Crippen molar-refractivity contribution in [2.75, 3.05) is 19.8 Å². The molecule has 9 nitrogen and oxygen atoms in total. The van der Waals surface area contributed by atoms with E-state index >= 15 is 0 Å². The molecule has 31 heavy (non-hydrogen) atoms. The lowest BCUT2D eigenvalue weighted by molar-refractivity contribution is -0.229. The standard InChI is InChI=1S/C21H35N2O7P/c1-8-11-25-16(18-17(24)19-20(28-18)30-21(6,7)29-19)13-27-31(26-12-9-10-22)23(14(2)3)15(4)5/h1,14-20,24H,9,11-13H2,2-7H3/t16-,17-,18?,19-,20-,31?/m1/s1. The van der Waals surface area contributed by atoms with Crippen LogP contribution in [-0.4, -0.2) is 78.2 Å². The topological polar surface area (TPSA) is 103 Å². The van der Waals surface area contributed by atoms with E-state index in [0.29, 0.717) is 0 Å². The summed E-state index contributed by atoms with van der Waals surface area (Å²) < 4.78 is 37.3. The summed E-state index contributed by atoms with van der Waals surface area (Å²) in [4.78, 5) is 0. The second-order valence-electron chi connectivity index (χ2n) is 8.46. The normalized spacial score (nSPS) is 29.2. The molecule has 2 aliphatic rings. The number of aliphatic hydroxyl groups is 1. The van der Waals surface area contributed by atoms with Gasteiger partial charge in [0.05, 0.1) is 25.7 Å². The molecule has 0 bridgehead atoms.